The first-order valence-electron chi connectivity index (χ1n) is 9.70. The van der Waals surface area contributed by atoms with E-state index < -0.39 is 17.3 Å². The van der Waals surface area contributed by atoms with Gasteiger partial charge in [-0.25, -0.2) is 0 Å². The van der Waals surface area contributed by atoms with Gasteiger partial charge in [-0.3, -0.25) is 9.59 Å². The van der Waals surface area contributed by atoms with Crippen LogP contribution in [0.25, 0.3) is 0 Å². The predicted octanol–water partition coefficient (Wildman–Crippen LogP) is 1.74. The fourth-order valence-electron chi connectivity index (χ4n) is 3.61. The van der Waals surface area contributed by atoms with E-state index in [0.717, 1.165) is 31.9 Å². The molecule has 2 N–H and O–H groups in total. The highest BCUT2D eigenvalue weighted by Gasteiger charge is 2.46. The summed E-state index contributed by atoms with van der Waals surface area (Å²) < 4.78 is 11.7. The minimum Gasteiger partial charge on any atom is -0.364 e. The number of H-pyrrole nitrogens is 1. The van der Waals surface area contributed by atoms with E-state index in [9.17, 15) is 9.59 Å². The molecule has 0 spiro atoms. The maximum atomic E-state index is 13.2. The molecule has 150 valence electrons. The van der Waals surface area contributed by atoms with E-state index >= 15 is 0 Å². The Kier molecular flexibility index (Phi) is 5.74. The summed E-state index contributed by atoms with van der Waals surface area (Å²) in [5.41, 5.74) is 0.990. The second kappa shape index (κ2) is 7.73. The van der Waals surface area contributed by atoms with Gasteiger partial charge < -0.3 is 24.7 Å². The van der Waals surface area contributed by atoms with Gasteiger partial charge in [-0.1, -0.05) is 13.8 Å². The Morgan fingerprint density at radius 3 is 2.63 bits per heavy atom. The molecular weight excluding hydrogens is 346 g/mol. The third-order valence-electron chi connectivity index (χ3n) is 5.30. The molecule has 2 fully saturated rings. The van der Waals surface area contributed by atoms with Crippen LogP contribution in [0.3, 0.4) is 0 Å². The molecule has 1 unspecified atom stereocenters. The van der Waals surface area contributed by atoms with E-state index in [0.29, 0.717) is 25.0 Å². The van der Waals surface area contributed by atoms with Crippen molar-refractivity contribution in [3.8, 4) is 0 Å². The molecule has 1 aromatic heterocycles. The summed E-state index contributed by atoms with van der Waals surface area (Å²) in [5, 5.41) is 3.25. The van der Waals surface area contributed by atoms with Crippen LogP contribution in [0.5, 0.6) is 0 Å². The lowest BCUT2D eigenvalue weighted by Crippen LogP contribution is -2.53. The number of ketones is 1. The Bertz CT molecular complexity index is 689. The van der Waals surface area contributed by atoms with Gasteiger partial charge in [0.15, 0.2) is 11.6 Å². The number of nitrogens with one attached hydrogen (secondary N) is 2. The Morgan fingerprint density at radius 1 is 1.22 bits per heavy atom. The minimum absolute atomic E-state index is 0.0535. The van der Waals surface area contributed by atoms with E-state index in [2.05, 4.69) is 10.3 Å². The van der Waals surface area contributed by atoms with Gasteiger partial charge in [0.05, 0.1) is 6.61 Å². The van der Waals surface area contributed by atoms with Crippen molar-refractivity contribution in [1.82, 2.24) is 15.2 Å². The molecule has 0 aromatic carbocycles. The van der Waals surface area contributed by atoms with Gasteiger partial charge in [0.25, 0.3) is 0 Å². The molecule has 27 heavy (non-hydrogen) atoms. The largest absolute Gasteiger partial charge is 0.364 e. The van der Waals surface area contributed by atoms with E-state index in [-0.39, 0.29) is 11.7 Å². The lowest BCUT2D eigenvalue weighted by Gasteiger charge is -2.45. The molecule has 2 aliphatic heterocycles. The number of carbonyl (C=O) groups excluding carboxylic acids is 2. The fraction of sp³-hybridized carbons (Fsp3) is 0.700. The average Bonchev–Trinajstić information content (AvgIpc) is 3.11. The zero-order valence-electron chi connectivity index (χ0n) is 16.8. The van der Waals surface area contributed by atoms with Crippen LogP contribution in [0.4, 0.5) is 0 Å². The first-order valence-corrected chi connectivity index (χ1v) is 9.70. The number of amides is 1. The molecular formula is C20H31N3O4. The number of hydrogen-bond donors (Lipinski definition) is 2. The highest BCUT2D eigenvalue weighted by atomic mass is 16.7. The first kappa shape index (κ1) is 20.0. The Labute approximate surface area is 160 Å². The molecule has 0 aliphatic carbocycles. The molecule has 1 aromatic rings. The summed E-state index contributed by atoms with van der Waals surface area (Å²) in [7, 11) is 0. The number of aryl methyl sites for hydroxylation is 1. The maximum Gasteiger partial charge on any atom is 0.223 e. The third kappa shape index (κ3) is 4.59. The van der Waals surface area contributed by atoms with Gasteiger partial charge >= 0.3 is 0 Å². The standard InChI is InChI=1S/C20H31N3O4/c1-19(2)13-26-20(3,4)27-18(19)17(25)14-7-8-22-15(14)5-6-16(24)23-11-9-21-10-12-23/h7-8,18,21-22H,5-6,9-13H2,1-4H3. The normalized spacial score (nSPS) is 24.6. The van der Waals surface area contributed by atoms with Crippen molar-refractivity contribution in [1.29, 1.82) is 0 Å². The molecule has 1 amide bonds. The SMILES string of the molecule is CC1(C)OCC(C)(C)C(C(=O)c2cc[nH]c2CCC(=O)N2CCNCC2)O1. The number of aromatic amines is 1. The van der Waals surface area contributed by atoms with Crippen LogP contribution in [0.1, 0.15) is 50.2 Å². The van der Waals surface area contributed by atoms with Crippen molar-refractivity contribution in [2.24, 2.45) is 5.41 Å². The number of nitrogens with zero attached hydrogens (tertiary/aromatic N) is 1. The molecule has 7 heteroatoms. The monoisotopic (exact) mass is 377 g/mol. The van der Waals surface area contributed by atoms with Crippen molar-refractivity contribution >= 4 is 11.7 Å². The van der Waals surface area contributed by atoms with Crippen LogP contribution in [-0.2, 0) is 20.7 Å². The summed E-state index contributed by atoms with van der Waals surface area (Å²) in [6, 6.07) is 1.79. The zero-order chi connectivity index (χ0) is 19.7. The Morgan fingerprint density at radius 2 is 1.93 bits per heavy atom. The second-order valence-corrected chi connectivity index (χ2v) is 8.54. The highest BCUT2D eigenvalue weighted by molar-refractivity contribution is 6.01. The topological polar surface area (TPSA) is 83.7 Å². The number of hydrogen-bond acceptors (Lipinski definition) is 5. The summed E-state index contributed by atoms with van der Waals surface area (Å²) in [5.74, 6) is -0.708. The highest BCUT2D eigenvalue weighted by Crippen LogP contribution is 2.36. The van der Waals surface area contributed by atoms with Crippen LogP contribution in [0.2, 0.25) is 0 Å². The maximum absolute atomic E-state index is 13.2. The number of carbonyl (C=O) groups is 2. The van der Waals surface area contributed by atoms with Crippen LogP contribution in [0.15, 0.2) is 12.3 Å². The molecule has 3 rings (SSSR count). The second-order valence-electron chi connectivity index (χ2n) is 8.54. The van der Waals surface area contributed by atoms with E-state index in [1.54, 1.807) is 12.3 Å². The van der Waals surface area contributed by atoms with Crippen LogP contribution >= 0.6 is 0 Å². The molecule has 2 aliphatic rings. The Balaban J connectivity index is 1.68. The van der Waals surface area contributed by atoms with Crippen molar-refractivity contribution in [2.45, 2.75) is 52.4 Å². The smallest absolute Gasteiger partial charge is 0.223 e. The van der Waals surface area contributed by atoms with E-state index in [4.69, 9.17) is 9.47 Å². The molecule has 0 radical (unpaired) electrons. The van der Waals surface area contributed by atoms with Crippen molar-refractivity contribution in [3.63, 3.8) is 0 Å². The van der Waals surface area contributed by atoms with Crippen molar-refractivity contribution in [3.05, 3.63) is 23.5 Å². The molecule has 2 saturated heterocycles. The average molecular weight is 377 g/mol. The zero-order valence-corrected chi connectivity index (χ0v) is 16.8. The number of Topliss-reactive ketones (excluding diaryl/α,β-unsaturated/α-hetero) is 1. The minimum atomic E-state index is -0.787. The van der Waals surface area contributed by atoms with Crippen molar-refractivity contribution in [2.75, 3.05) is 32.8 Å². The van der Waals surface area contributed by atoms with Gasteiger partial charge in [-0.2, -0.15) is 0 Å². The Hall–Kier alpha value is -1.70. The molecule has 0 saturated carbocycles. The molecule has 0 bridgehead atoms. The van der Waals surface area contributed by atoms with Gasteiger partial charge in [-0.05, 0) is 26.3 Å². The van der Waals surface area contributed by atoms with Crippen LogP contribution in [0, 0.1) is 5.41 Å². The molecule has 1 atom stereocenters. The quantitative estimate of drug-likeness (QED) is 0.764. The summed E-state index contributed by atoms with van der Waals surface area (Å²) in [6.45, 7) is 11.2. The first-order chi connectivity index (χ1) is 12.7. The predicted molar refractivity (Wildman–Crippen MR) is 102 cm³/mol. The van der Waals surface area contributed by atoms with Gasteiger partial charge in [-0.15, -0.1) is 0 Å². The van der Waals surface area contributed by atoms with E-state index in [1.807, 2.05) is 32.6 Å². The number of rotatable bonds is 5. The summed E-state index contributed by atoms with van der Waals surface area (Å²) in [4.78, 5) is 30.7. The third-order valence-corrected chi connectivity index (χ3v) is 5.30. The summed E-state index contributed by atoms with van der Waals surface area (Å²) >= 11 is 0. The number of piperazine rings is 1. The lowest BCUT2D eigenvalue weighted by molar-refractivity contribution is -0.298. The van der Waals surface area contributed by atoms with Crippen LogP contribution < -0.4 is 5.32 Å². The van der Waals surface area contributed by atoms with Crippen molar-refractivity contribution < 1.29 is 19.1 Å². The van der Waals surface area contributed by atoms with Gasteiger partial charge in [0.2, 0.25) is 5.91 Å². The van der Waals surface area contributed by atoms with E-state index in [1.165, 1.54) is 0 Å². The van der Waals surface area contributed by atoms with Gasteiger partial charge in [0.1, 0.15) is 6.10 Å². The van der Waals surface area contributed by atoms with Gasteiger partial charge in [0, 0.05) is 55.5 Å². The molecule has 3 heterocycles. The molecule has 7 nitrogen and oxygen atoms in total. The number of aromatic nitrogens is 1. The lowest BCUT2D eigenvalue weighted by atomic mass is 9.81. The fourth-order valence-corrected chi connectivity index (χ4v) is 3.61. The van der Waals surface area contributed by atoms with Crippen LogP contribution in [-0.4, -0.2) is 66.3 Å². The number of ether oxygens (including phenoxy) is 2. The summed E-state index contributed by atoms with van der Waals surface area (Å²) in [6.07, 6.45) is 2.09.